The fourth-order valence-electron chi connectivity index (χ4n) is 2.25. The van der Waals surface area contributed by atoms with E-state index in [2.05, 4.69) is 12.5 Å². The van der Waals surface area contributed by atoms with E-state index in [9.17, 15) is 20.0 Å². The summed E-state index contributed by atoms with van der Waals surface area (Å²) in [6.45, 7) is 1.51. The molecule has 0 radical (unpaired) electrons. The van der Waals surface area contributed by atoms with Gasteiger partial charge in [0.05, 0.1) is 16.2 Å². The van der Waals surface area contributed by atoms with Gasteiger partial charge in [-0.3, -0.25) is 10.1 Å². The quantitative estimate of drug-likeness (QED) is 0.683. The number of nitro groups is 1. The van der Waals surface area contributed by atoms with Crippen LogP contribution in [0.4, 0.5) is 11.4 Å². The second kappa shape index (κ2) is 5.32. The summed E-state index contributed by atoms with van der Waals surface area (Å²) in [4.78, 5) is 23.6. The molecule has 20 heavy (non-hydrogen) atoms. The van der Waals surface area contributed by atoms with Crippen molar-refractivity contribution in [1.29, 1.82) is 0 Å². The molecule has 1 aliphatic rings. The Hall–Kier alpha value is -1.76. The smallest absolute Gasteiger partial charge is 0.337 e. The van der Waals surface area contributed by atoms with E-state index in [1.54, 1.807) is 0 Å². The van der Waals surface area contributed by atoms with Crippen LogP contribution in [0.15, 0.2) is 18.2 Å². The zero-order valence-corrected chi connectivity index (χ0v) is 12.4. The van der Waals surface area contributed by atoms with Crippen LogP contribution in [-0.4, -0.2) is 53.1 Å². The van der Waals surface area contributed by atoms with Gasteiger partial charge in [0.2, 0.25) is 0 Å². The van der Waals surface area contributed by atoms with Crippen LogP contribution in [0.3, 0.4) is 0 Å². The number of rotatable bonds is 3. The van der Waals surface area contributed by atoms with Crippen LogP contribution >= 0.6 is 10.0 Å². The van der Waals surface area contributed by atoms with Crippen LogP contribution in [0.2, 0.25) is 0 Å². The van der Waals surface area contributed by atoms with Gasteiger partial charge < -0.3 is 10.0 Å². The molecule has 2 rings (SSSR count). The fraction of sp³-hybridized carbons (Fsp3) is 0.462. The SMILES string of the molecule is CS1(C)CCN(c2cc([N+](=O)[O-])ccc2C(=O)O)CC1. The van der Waals surface area contributed by atoms with E-state index in [1.165, 1.54) is 18.2 Å². The molecule has 1 saturated heterocycles. The molecule has 1 aliphatic heterocycles. The summed E-state index contributed by atoms with van der Waals surface area (Å²) in [5, 5.41) is 20.1. The summed E-state index contributed by atoms with van der Waals surface area (Å²) >= 11 is 0. The fourth-order valence-corrected chi connectivity index (χ4v) is 3.88. The molecule has 0 spiro atoms. The van der Waals surface area contributed by atoms with Crippen molar-refractivity contribution >= 4 is 27.4 Å². The van der Waals surface area contributed by atoms with Gasteiger partial charge >= 0.3 is 5.97 Å². The maximum absolute atomic E-state index is 11.3. The highest BCUT2D eigenvalue weighted by Gasteiger charge is 2.25. The zero-order valence-electron chi connectivity index (χ0n) is 11.5. The number of non-ortho nitro benzene ring substituents is 1. The minimum absolute atomic E-state index is 0.0674. The molecule has 0 unspecified atom stereocenters. The third-order valence-corrected chi connectivity index (χ3v) is 6.17. The molecule has 6 nitrogen and oxygen atoms in total. The number of anilines is 1. The molecule has 1 N–H and O–H groups in total. The molecular weight excluding hydrogens is 280 g/mol. The highest BCUT2D eigenvalue weighted by Crippen LogP contribution is 2.43. The van der Waals surface area contributed by atoms with Crippen molar-refractivity contribution in [2.24, 2.45) is 0 Å². The summed E-state index contributed by atoms with van der Waals surface area (Å²) < 4.78 is 0. The average Bonchev–Trinajstić information content (AvgIpc) is 2.37. The number of nitro benzene ring substituents is 1. The Morgan fingerprint density at radius 1 is 1.35 bits per heavy atom. The minimum atomic E-state index is -1.05. The van der Waals surface area contributed by atoms with Crippen LogP contribution in [0.25, 0.3) is 0 Å². The van der Waals surface area contributed by atoms with Gasteiger partial charge in [-0.25, -0.2) is 14.8 Å². The van der Waals surface area contributed by atoms with Gasteiger partial charge in [0, 0.05) is 25.2 Å². The van der Waals surface area contributed by atoms with E-state index in [4.69, 9.17) is 0 Å². The minimum Gasteiger partial charge on any atom is -0.478 e. The maximum Gasteiger partial charge on any atom is 0.337 e. The summed E-state index contributed by atoms with van der Waals surface area (Å²) in [6.07, 6.45) is 4.52. The highest BCUT2D eigenvalue weighted by molar-refractivity contribution is 8.32. The van der Waals surface area contributed by atoms with Crippen molar-refractivity contribution in [2.75, 3.05) is 42.0 Å². The van der Waals surface area contributed by atoms with Crippen molar-refractivity contribution < 1.29 is 14.8 Å². The number of carboxylic acid groups (broad SMARTS) is 1. The lowest BCUT2D eigenvalue weighted by atomic mass is 10.1. The number of nitrogens with zero attached hydrogens (tertiary/aromatic N) is 2. The normalized spacial score (nSPS) is 19.4. The number of aromatic carboxylic acids is 1. The van der Waals surface area contributed by atoms with Crippen LogP contribution in [0.5, 0.6) is 0 Å². The third kappa shape index (κ3) is 3.04. The Labute approximate surface area is 118 Å². The largest absolute Gasteiger partial charge is 0.478 e. The Morgan fingerprint density at radius 2 is 1.95 bits per heavy atom. The monoisotopic (exact) mass is 298 g/mol. The predicted octanol–water partition coefficient (Wildman–Crippen LogP) is 2.18. The molecule has 7 heteroatoms. The molecule has 0 saturated carbocycles. The van der Waals surface area contributed by atoms with Crippen LogP contribution in [0.1, 0.15) is 10.4 Å². The molecule has 0 atom stereocenters. The molecule has 1 fully saturated rings. The van der Waals surface area contributed by atoms with Crippen molar-refractivity contribution in [3.63, 3.8) is 0 Å². The summed E-state index contributed by atoms with van der Waals surface area (Å²) in [7, 11) is -0.606. The van der Waals surface area contributed by atoms with Gasteiger partial charge in [-0.15, -0.1) is 0 Å². The van der Waals surface area contributed by atoms with Crippen molar-refractivity contribution in [3.05, 3.63) is 33.9 Å². The standard InChI is InChI=1S/C13H18N2O4S/c1-20(2)7-5-14(6-8-20)12-9-10(15(18)19)3-4-11(12)13(16)17/h3-4,9H,5-8H2,1-2H3,(H,16,17). The first-order valence-corrected chi connectivity index (χ1v) is 9.04. The maximum atomic E-state index is 11.3. The van der Waals surface area contributed by atoms with E-state index in [-0.39, 0.29) is 11.3 Å². The summed E-state index contributed by atoms with van der Waals surface area (Å²) in [5.41, 5.74) is 0.522. The van der Waals surface area contributed by atoms with Crippen molar-refractivity contribution in [2.45, 2.75) is 0 Å². The Morgan fingerprint density at radius 3 is 2.45 bits per heavy atom. The number of hydrogen-bond donors (Lipinski definition) is 1. The second-order valence-corrected chi connectivity index (χ2v) is 9.78. The Kier molecular flexibility index (Phi) is 3.89. The van der Waals surface area contributed by atoms with Crippen molar-refractivity contribution in [3.8, 4) is 0 Å². The van der Waals surface area contributed by atoms with Gasteiger partial charge in [0.1, 0.15) is 0 Å². The lowest BCUT2D eigenvalue weighted by Gasteiger charge is -2.42. The average molecular weight is 298 g/mol. The van der Waals surface area contributed by atoms with Crippen LogP contribution in [-0.2, 0) is 0 Å². The zero-order chi connectivity index (χ0) is 14.9. The molecule has 0 bridgehead atoms. The molecule has 1 aromatic rings. The number of carboxylic acids is 1. The van der Waals surface area contributed by atoms with Crippen molar-refractivity contribution in [1.82, 2.24) is 0 Å². The molecule has 0 aliphatic carbocycles. The first kappa shape index (κ1) is 14.6. The van der Waals surface area contributed by atoms with E-state index in [1.807, 2.05) is 4.90 Å². The van der Waals surface area contributed by atoms with Gasteiger partial charge in [-0.2, -0.15) is 0 Å². The van der Waals surface area contributed by atoms with E-state index in [0.29, 0.717) is 5.69 Å². The third-order valence-electron chi connectivity index (χ3n) is 3.59. The van der Waals surface area contributed by atoms with Crippen LogP contribution < -0.4 is 4.90 Å². The predicted molar refractivity (Wildman–Crippen MR) is 81.4 cm³/mol. The highest BCUT2D eigenvalue weighted by atomic mass is 32.3. The topological polar surface area (TPSA) is 83.7 Å². The molecular formula is C13H18N2O4S. The lowest BCUT2D eigenvalue weighted by Crippen LogP contribution is -2.38. The van der Waals surface area contributed by atoms with E-state index >= 15 is 0 Å². The van der Waals surface area contributed by atoms with Gasteiger partial charge in [0.25, 0.3) is 5.69 Å². The molecule has 0 aromatic heterocycles. The number of benzene rings is 1. The second-order valence-electron chi connectivity index (χ2n) is 5.43. The van der Waals surface area contributed by atoms with Gasteiger partial charge in [-0.1, -0.05) is 0 Å². The molecule has 0 amide bonds. The first-order chi connectivity index (χ1) is 9.30. The number of carbonyl (C=O) groups is 1. The first-order valence-electron chi connectivity index (χ1n) is 6.25. The Balaban J connectivity index is 2.36. The van der Waals surface area contributed by atoms with E-state index in [0.717, 1.165) is 24.6 Å². The number of hydrogen-bond acceptors (Lipinski definition) is 4. The van der Waals surface area contributed by atoms with Crippen LogP contribution in [0, 0.1) is 10.1 Å². The molecule has 1 heterocycles. The van der Waals surface area contributed by atoms with E-state index < -0.39 is 20.9 Å². The molecule has 110 valence electrons. The van der Waals surface area contributed by atoms with Gasteiger partial charge in [-0.05, 0) is 30.1 Å². The molecule has 1 aromatic carbocycles. The summed E-state index contributed by atoms with van der Waals surface area (Å²) in [5.74, 6) is 0.996. The summed E-state index contributed by atoms with van der Waals surface area (Å²) in [6, 6.07) is 3.94. The lowest BCUT2D eigenvalue weighted by molar-refractivity contribution is -0.384. The van der Waals surface area contributed by atoms with Gasteiger partial charge in [0.15, 0.2) is 0 Å². The Bertz CT molecular complexity index is 549.